The van der Waals surface area contributed by atoms with Crippen molar-refractivity contribution < 1.29 is 25.5 Å². The fraction of sp³-hybridized carbons (Fsp3) is 0.0769. The number of carbonyl (C=O) groups is 1. The number of nitrogens with zero attached hydrogens (tertiary/aromatic N) is 3. The first kappa shape index (κ1) is 17.7. The molecule has 3 N–H and O–H groups in total. The molecule has 0 atom stereocenters. The van der Waals surface area contributed by atoms with Crippen LogP contribution in [0.15, 0.2) is 42.6 Å². The van der Waals surface area contributed by atoms with Gasteiger partial charge >= 0.3 is 0 Å². The number of pyridine rings is 1. The van der Waals surface area contributed by atoms with E-state index in [1.807, 2.05) is 18.2 Å². The first-order chi connectivity index (χ1) is 10.8. The summed E-state index contributed by atoms with van der Waals surface area (Å²) in [6.07, 6.45) is 1.78. The second-order valence-corrected chi connectivity index (χ2v) is 4.11. The SMILES string of the molecule is O=C([O-])c1cc([N+](=O)[O-])cc([N+](=O)[O-])c1.[NH3+]Cc1ccccn1. The molecule has 0 bridgehead atoms. The van der Waals surface area contributed by atoms with Gasteiger partial charge in [-0.15, -0.1) is 0 Å². The number of rotatable bonds is 4. The van der Waals surface area contributed by atoms with Gasteiger partial charge in [-0.25, -0.2) is 0 Å². The highest BCUT2D eigenvalue weighted by Gasteiger charge is 2.16. The molecular weight excluding hydrogens is 308 g/mol. The number of carboxylic acid groups (broad SMARTS) is 1. The molecule has 0 radical (unpaired) electrons. The highest BCUT2D eigenvalue weighted by Crippen LogP contribution is 2.22. The quantitative estimate of drug-likeness (QED) is 0.595. The van der Waals surface area contributed by atoms with Gasteiger partial charge in [-0.05, 0) is 12.1 Å². The number of quaternary nitrogens is 1. The van der Waals surface area contributed by atoms with Gasteiger partial charge < -0.3 is 15.6 Å². The zero-order valence-corrected chi connectivity index (χ0v) is 11.7. The van der Waals surface area contributed by atoms with Gasteiger partial charge in [0.25, 0.3) is 11.4 Å². The van der Waals surface area contributed by atoms with Crippen molar-refractivity contribution in [3.05, 3.63) is 74.1 Å². The standard InChI is InChI=1S/C7H4N2O6.C6H8N2/c10-7(11)4-1-5(8(12)13)3-6(2-4)9(14)15;7-5-6-3-1-2-4-8-6/h1-3H,(H,10,11);1-4H,5,7H2. The number of carboxylic acids is 1. The molecule has 1 aromatic carbocycles. The summed E-state index contributed by atoms with van der Waals surface area (Å²) in [5, 5.41) is 31.0. The van der Waals surface area contributed by atoms with Crippen LogP contribution in [-0.4, -0.2) is 20.8 Å². The van der Waals surface area contributed by atoms with Crippen LogP contribution < -0.4 is 10.8 Å². The minimum absolute atomic E-state index is 0.601. The van der Waals surface area contributed by atoms with Crippen LogP contribution in [0.3, 0.4) is 0 Å². The van der Waals surface area contributed by atoms with E-state index in [4.69, 9.17) is 0 Å². The summed E-state index contributed by atoms with van der Waals surface area (Å²) >= 11 is 0. The molecule has 120 valence electrons. The molecule has 0 saturated heterocycles. The summed E-state index contributed by atoms with van der Waals surface area (Å²) in [5.74, 6) is -1.71. The van der Waals surface area contributed by atoms with Crippen molar-refractivity contribution in [1.29, 1.82) is 0 Å². The van der Waals surface area contributed by atoms with Crippen molar-refractivity contribution >= 4 is 17.3 Å². The molecule has 1 aromatic heterocycles. The Morgan fingerprint density at radius 3 is 1.96 bits per heavy atom. The molecule has 2 rings (SSSR count). The highest BCUT2D eigenvalue weighted by molar-refractivity contribution is 5.87. The Balaban J connectivity index is 0.000000277. The van der Waals surface area contributed by atoms with Crippen molar-refractivity contribution in [3.8, 4) is 0 Å². The maximum absolute atomic E-state index is 10.4. The first-order valence-electron chi connectivity index (χ1n) is 6.19. The van der Waals surface area contributed by atoms with Gasteiger partial charge in [0, 0.05) is 23.9 Å². The van der Waals surface area contributed by atoms with Crippen LogP contribution >= 0.6 is 0 Å². The largest absolute Gasteiger partial charge is 0.545 e. The molecule has 10 heteroatoms. The molecule has 0 aliphatic heterocycles. The summed E-state index contributed by atoms with van der Waals surface area (Å²) in [7, 11) is 0. The van der Waals surface area contributed by atoms with E-state index >= 15 is 0 Å². The Bertz CT molecular complexity index is 641. The molecule has 0 aliphatic carbocycles. The Labute approximate surface area is 129 Å². The Hall–Kier alpha value is -3.40. The number of nitro benzene ring substituents is 2. The maximum atomic E-state index is 10.4. The van der Waals surface area contributed by atoms with Crippen molar-refractivity contribution in [2.45, 2.75) is 6.54 Å². The summed E-state index contributed by atoms with van der Waals surface area (Å²) in [6, 6.07) is 7.90. The van der Waals surface area contributed by atoms with Gasteiger partial charge in [-0.3, -0.25) is 25.2 Å². The lowest BCUT2D eigenvalue weighted by molar-refractivity contribution is -0.394. The molecule has 10 nitrogen and oxygen atoms in total. The van der Waals surface area contributed by atoms with Crippen LogP contribution in [0.2, 0.25) is 0 Å². The van der Waals surface area contributed by atoms with Crippen molar-refractivity contribution in [2.75, 3.05) is 0 Å². The van der Waals surface area contributed by atoms with Crippen LogP contribution in [0.5, 0.6) is 0 Å². The number of carbonyl (C=O) groups excluding carboxylic acids is 1. The zero-order chi connectivity index (χ0) is 17.4. The van der Waals surface area contributed by atoms with Crippen LogP contribution in [0.25, 0.3) is 0 Å². The lowest BCUT2D eigenvalue weighted by Gasteiger charge is -2.01. The second-order valence-electron chi connectivity index (χ2n) is 4.11. The monoisotopic (exact) mass is 320 g/mol. The number of non-ortho nitro benzene ring substituents is 2. The Morgan fingerprint density at radius 2 is 1.65 bits per heavy atom. The molecule has 0 spiro atoms. The fourth-order valence-electron chi connectivity index (χ4n) is 1.47. The molecule has 0 fully saturated rings. The third kappa shape index (κ3) is 5.47. The van der Waals surface area contributed by atoms with Gasteiger partial charge in [-0.2, -0.15) is 0 Å². The van der Waals surface area contributed by atoms with E-state index in [-0.39, 0.29) is 0 Å². The lowest BCUT2D eigenvalue weighted by atomic mass is 10.2. The zero-order valence-electron chi connectivity index (χ0n) is 11.7. The molecule has 0 amide bonds. The number of aromatic carboxylic acids is 1. The Kier molecular flexibility index (Phi) is 6.25. The average molecular weight is 320 g/mol. The van der Waals surface area contributed by atoms with E-state index in [1.165, 1.54) is 0 Å². The van der Waals surface area contributed by atoms with Gasteiger partial charge in [0.2, 0.25) is 0 Å². The van der Waals surface area contributed by atoms with Crippen molar-refractivity contribution in [1.82, 2.24) is 4.98 Å². The molecule has 23 heavy (non-hydrogen) atoms. The number of benzene rings is 1. The van der Waals surface area contributed by atoms with Crippen molar-refractivity contribution in [2.24, 2.45) is 0 Å². The number of aromatic nitrogens is 1. The smallest absolute Gasteiger partial charge is 0.276 e. The summed E-state index contributed by atoms with van der Waals surface area (Å²) in [6.45, 7) is 0.779. The molecule has 1 heterocycles. The van der Waals surface area contributed by atoms with Gasteiger partial charge in [0.05, 0.1) is 27.6 Å². The summed E-state index contributed by atoms with van der Waals surface area (Å²) in [4.78, 5) is 33.2. The number of hydrogen-bond donors (Lipinski definition) is 1. The predicted molar refractivity (Wildman–Crippen MR) is 74.9 cm³/mol. The average Bonchev–Trinajstić information content (AvgIpc) is 2.55. The number of hydrogen-bond acceptors (Lipinski definition) is 7. The lowest BCUT2D eigenvalue weighted by Crippen LogP contribution is -2.47. The third-order valence-corrected chi connectivity index (χ3v) is 2.54. The maximum Gasteiger partial charge on any atom is 0.276 e. The van der Waals surface area contributed by atoms with E-state index in [9.17, 15) is 30.1 Å². The summed E-state index contributed by atoms with van der Waals surface area (Å²) < 4.78 is 0. The van der Waals surface area contributed by atoms with Gasteiger partial charge in [0.1, 0.15) is 6.54 Å². The van der Waals surface area contributed by atoms with Gasteiger partial charge in [-0.1, -0.05) is 6.07 Å². The minimum Gasteiger partial charge on any atom is -0.545 e. The van der Waals surface area contributed by atoms with Crippen molar-refractivity contribution in [3.63, 3.8) is 0 Å². The highest BCUT2D eigenvalue weighted by atomic mass is 16.6. The Morgan fingerprint density at radius 1 is 1.09 bits per heavy atom. The molecule has 2 aromatic rings. The minimum atomic E-state index is -1.71. The van der Waals surface area contributed by atoms with Crippen LogP contribution in [-0.2, 0) is 6.54 Å². The van der Waals surface area contributed by atoms with Crippen LogP contribution in [0, 0.1) is 20.2 Å². The molecular formula is C13H12N4O6. The van der Waals surface area contributed by atoms with E-state index < -0.39 is 32.8 Å². The van der Waals surface area contributed by atoms with Gasteiger partial charge in [0.15, 0.2) is 0 Å². The van der Waals surface area contributed by atoms with E-state index in [0.29, 0.717) is 18.2 Å². The number of nitro groups is 2. The van der Waals surface area contributed by atoms with Crippen LogP contribution in [0.4, 0.5) is 11.4 Å². The fourth-order valence-corrected chi connectivity index (χ4v) is 1.47. The molecule has 0 aliphatic rings. The van der Waals surface area contributed by atoms with Crippen LogP contribution in [0.1, 0.15) is 16.1 Å². The molecule has 0 unspecified atom stereocenters. The second kappa shape index (κ2) is 8.14. The van der Waals surface area contributed by atoms with E-state index in [2.05, 4.69) is 10.7 Å². The van der Waals surface area contributed by atoms with E-state index in [0.717, 1.165) is 12.2 Å². The third-order valence-electron chi connectivity index (χ3n) is 2.54. The first-order valence-corrected chi connectivity index (χ1v) is 6.19. The predicted octanol–water partition coefficient (Wildman–Crippen LogP) is -0.310. The molecule has 0 saturated carbocycles. The topological polar surface area (TPSA) is 167 Å². The summed E-state index contributed by atoms with van der Waals surface area (Å²) in [5.41, 5.74) is 2.81. The normalized spacial score (nSPS) is 9.43. The van der Waals surface area contributed by atoms with E-state index in [1.54, 1.807) is 6.20 Å².